The number of nitrogens with zero attached hydrogens (tertiary/aromatic N) is 1. The van der Waals surface area contributed by atoms with Gasteiger partial charge in [-0.3, -0.25) is 0 Å². The van der Waals surface area contributed by atoms with Crippen LogP contribution in [0.25, 0.3) is 0 Å². The lowest BCUT2D eigenvalue weighted by Gasteiger charge is -2.20. The van der Waals surface area contributed by atoms with Gasteiger partial charge in [0.2, 0.25) is 0 Å². The second kappa shape index (κ2) is 8.67. The zero-order chi connectivity index (χ0) is 15.8. The first kappa shape index (κ1) is 17.5. The number of aromatic carboxylic acids is 1. The number of unbranched alkanes of at least 4 members (excludes halogenated alkanes) is 1. The highest BCUT2D eigenvalue weighted by molar-refractivity contribution is 5.90. The maximum Gasteiger partial charge on any atom is 0.335 e. The molecule has 21 heavy (non-hydrogen) atoms. The number of hydrogen-bond donors (Lipinski definition) is 1. The van der Waals surface area contributed by atoms with Crippen LogP contribution in [0.5, 0.6) is 0 Å². The smallest absolute Gasteiger partial charge is 0.335 e. The Morgan fingerprint density at radius 3 is 2.57 bits per heavy atom. The Bertz CT molecular complexity index is 457. The molecule has 4 heteroatoms. The summed E-state index contributed by atoms with van der Waals surface area (Å²) in [6, 6.07) is 5.49. The molecule has 1 aromatic rings. The summed E-state index contributed by atoms with van der Waals surface area (Å²) in [6.07, 6.45) is 3.92. The third-order valence-corrected chi connectivity index (χ3v) is 3.57. The Hall–Kier alpha value is -1.55. The molecule has 1 unspecified atom stereocenters. The summed E-state index contributed by atoms with van der Waals surface area (Å²) >= 11 is 0. The monoisotopic (exact) mass is 293 g/mol. The molecule has 0 aromatic heterocycles. The van der Waals surface area contributed by atoms with E-state index in [1.54, 1.807) is 6.07 Å². The molecule has 0 aliphatic rings. The van der Waals surface area contributed by atoms with E-state index in [1.165, 1.54) is 0 Å². The number of anilines is 1. The number of rotatable bonds is 9. The molecule has 1 rings (SSSR count). The highest BCUT2D eigenvalue weighted by Crippen LogP contribution is 2.22. The van der Waals surface area contributed by atoms with Crippen LogP contribution in [0.1, 0.15) is 49.0 Å². The van der Waals surface area contributed by atoms with Gasteiger partial charge in [-0.2, -0.15) is 0 Å². The normalized spacial score (nSPS) is 12.2. The van der Waals surface area contributed by atoms with Crippen molar-refractivity contribution in [2.24, 2.45) is 0 Å². The average Bonchev–Trinajstić information content (AvgIpc) is 2.44. The summed E-state index contributed by atoms with van der Waals surface area (Å²) in [7, 11) is 3.91. The molecule has 0 radical (unpaired) electrons. The number of hydrogen-bond acceptors (Lipinski definition) is 3. The highest BCUT2D eigenvalue weighted by Gasteiger charge is 2.16. The molecule has 0 saturated carbocycles. The summed E-state index contributed by atoms with van der Waals surface area (Å²) in [6.45, 7) is 4.79. The first-order chi connectivity index (χ1) is 9.99. The summed E-state index contributed by atoms with van der Waals surface area (Å²) in [4.78, 5) is 13.4. The van der Waals surface area contributed by atoms with E-state index in [9.17, 15) is 9.90 Å². The maximum atomic E-state index is 11.4. The van der Waals surface area contributed by atoms with Crippen molar-refractivity contribution in [1.82, 2.24) is 0 Å². The zero-order valence-corrected chi connectivity index (χ0v) is 13.6. The van der Waals surface area contributed by atoms with Crippen molar-refractivity contribution in [2.75, 3.05) is 25.6 Å². The minimum absolute atomic E-state index is 0.0884. The van der Waals surface area contributed by atoms with Crippen molar-refractivity contribution >= 4 is 11.7 Å². The van der Waals surface area contributed by atoms with Crippen LogP contribution in [0, 0.1) is 0 Å². The third kappa shape index (κ3) is 5.38. The molecule has 0 heterocycles. The van der Waals surface area contributed by atoms with Crippen LogP contribution < -0.4 is 4.90 Å². The van der Waals surface area contributed by atoms with Crippen molar-refractivity contribution in [3.05, 3.63) is 29.3 Å². The Balaban J connectivity index is 3.00. The highest BCUT2D eigenvalue weighted by atomic mass is 16.5. The lowest BCUT2D eigenvalue weighted by molar-refractivity contribution is 0.0549. The molecule has 4 nitrogen and oxygen atoms in total. The van der Waals surface area contributed by atoms with Crippen LogP contribution in [0.4, 0.5) is 5.69 Å². The molecule has 0 aliphatic heterocycles. The van der Waals surface area contributed by atoms with Crippen molar-refractivity contribution in [1.29, 1.82) is 0 Å². The van der Waals surface area contributed by atoms with Crippen LogP contribution in [0.2, 0.25) is 0 Å². The number of carboxylic acids is 1. The number of ether oxygens (including phenoxy) is 1. The van der Waals surface area contributed by atoms with Crippen molar-refractivity contribution in [3.63, 3.8) is 0 Å². The fourth-order valence-electron chi connectivity index (χ4n) is 2.39. The van der Waals surface area contributed by atoms with E-state index >= 15 is 0 Å². The summed E-state index contributed by atoms with van der Waals surface area (Å²) < 4.78 is 5.78. The average molecular weight is 293 g/mol. The zero-order valence-electron chi connectivity index (χ0n) is 13.6. The molecule has 0 aliphatic carbocycles. The minimum atomic E-state index is -0.874. The first-order valence-corrected chi connectivity index (χ1v) is 7.64. The third-order valence-electron chi connectivity index (χ3n) is 3.57. The van der Waals surface area contributed by atoms with E-state index < -0.39 is 5.97 Å². The number of benzene rings is 1. The Morgan fingerprint density at radius 1 is 1.33 bits per heavy atom. The molecule has 1 aromatic carbocycles. The van der Waals surface area contributed by atoms with E-state index in [2.05, 4.69) is 6.92 Å². The molecule has 118 valence electrons. The van der Waals surface area contributed by atoms with E-state index in [0.29, 0.717) is 18.6 Å². The lowest BCUT2D eigenvalue weighted by Crippen LogP contribution is -2.19. The second-order valence-electron chi connectivity index (χ2n) is 5.46. The van der Waals surface area contributed by atoms with Gasteiger partial charge in [-0.25, -0.2) is 4.79 Å². The number of carboxylic acid groups (broad SMARTS) is 1. The van der Waals surface area contributed by atoms with Gasteiger partial charge >= 0.3 is 5.97 Å². The van der Waals surface area contributed by atoms with Crippen LogP contribution in [0.3, 0.4) is 0 Å². The van der Waals surface area contributed by atoms with Gasteiger partial charge in [0.1, 0.15) is 0 Å². The fourth-order valence-corrected chi connectivity index (χ4v) is 2.39. The van der Waals surface area contributed by atoms with Gasteiger partial charge in [0.05, 0.1) is 11.7 Å². The Morgan fingerprint density at radius 2 is 2.05 bits per heavy atom. The molecule has 1 N–H and O–H groups in total. The standard InChI is InChI=1S/C17H27NO3/c1-5-7-8-15(21-6-2)12-13-11-14(18(3)4)9-10-16(13)17(19)20/h9-11,15H,5-8,12H2,1-4H3,(H,19,20). The molecular formula is C17H27NO3. The maximum absolute atomic E-state index is 11.4. The molecule has 0 amide bonds. The molecular weight excluding hydrogens is 266 g/mol. The van der Waals surface area contributed by atoms with E-state index in [0.717, 1.165) is 30.5 Å². The van der Waals surface area contributed by atoms with Crippen molar-refractivity contribution in [3.8, 4) is 0 Å². The molecule has 0 bridgehead atoms. The first-order valence-electron chi connectivity index (χ1n) is 7.64. The van der Waals surface area contributed by atoms with Gasteiger partial charge in [-0.1, -0.05) is 19.8 Å². The van der Waals surface area contributed by atoms with Gasteiger partial charge in [-0.05, 0) is 43.5 Å². The van der Waals surface area contributed by atoms with Gasteiger partial charge in [0.25, 0.3) is 0 Å². The van der Waals surface area contributed by atoms with Gasteiger partial charge in [0.15, 0.2) is 0 Å². The van der Waals surface area contributed by atoms with Crippen LogP contribution in [0.15, 0.2) is 18.2 Å². The van der Waals surface area contributed by atoms with Crippen molar-refractivity contribution in [2.45, 2.75) is 45.6 Å². The summed E-state index contributed by atoms with van der Waals surface area (Å²) in [5, 5.41) is 9.36. The molecule has 0 spiro atoms. The molecule has 0 saturated heterocycles. The summed E-state index contributed by atoms with van der Waals surface area (Å²) in [5.74, 6) is -0.874. The molecule has 0 fully saturated rings. The van der Waals surface area contributed by atoms with Crippen molar-refractivity contribution < 1.29 is 14.6 Å². The van der Waals surface area contributed by atoms with E-state index in [1.807, 2.05) is 38.1 Å². The SMILES string of the molecule is CCCCC(Cc1cc(N(C)C)ccc1C(=O)O)OCC. The Kier molecular flexibility index (Phi) is 7.23. The van der Waals surface area contributed by atoms with Crippen LogP contribution in [-0.2, 0) is 11.2 Å². The van der Waals surface area contributed by atoms with E-state index in [4.69, 9.17) is 4.74 Å². The van der Waals surface area contributed by atoms with Gasteiger partial charge < -0.3 is 14.7 Å². The predicted octanol–water partition coefficient (Wildman–Crippen LogP) is 3.59. The molecule has 1 atom stereocenters. The summed E-state index contributed by atoms with van der Waals surface area (Å²) in [5.41, 5.74) is 2.24. The Labute approximate surface area is 127 Å². The van der Waals surface area contributed by atoms with Gasteiger partial charge in [0, 0.05) is 26.4 Å². The van der Waals surface area contributed by atoms with E-state index in [-0.39, 0.29) is 6.10 Å². The largest absolute Gasteiger partial charge is 0.478 e. The lowest BCUT2D eigenvalue weighted by atomic mass is 9.98. The topological polar surface area (TPSA) is 49.8 Å². The minimum Gasteiger partial charge on any atom is -0.478 e. The van der Waals surface area contributed by atoms with Crippen LogP contribution >= 0.6 is 0 Å². The predicted molar refractivity (Wildman–Crippen MR) is 86.4 cm³/mol. The van der Waals surface area contributed by atoms with Crippen LogP contribution in [-0.4, -0.2) is 37.9 Å². The van der Waals surface area contributed by atoms with Gasteiger partial charge in [-0.15, -0.1) is 0 Å². The fraction of sp³-hybridized carbons (Fsp3) is 0.588. The quantitative estimate of drug-likeness (QED) is 0.756. The number of carbonyl (C=O) groups is 1. The second-order valence-corrected chi connectivity index (χ2v) is 5.46.